The van der Waals surface area contributed by atoms with E-state index in [1.54, 1.807) is 12.3 Å². The van der Waals surface area contributed by atoms with E-state index in [9.17, 15) is 14.3 Å². The number of aromatic hydroxyl groups is 1. The van der Waals surface area contributed by atoms with Gasteiger partial charge in [-0.1, -0.05) is 12.0 Å². The zero-order chi connectivity index (χ0) is 31.0. The summed E-state index contributed by atoms with van der Waals surface area (Å²) in [4.78, 5) is 27.6. The highest BCUT2D eigenvalue weighted by atomic mass is 19.1. The summed E-state index contributed by atoms with van der Waals surface area (Å²) in [5.41, 5.74) is -1.09. The smallest absolute Gasteiger partial charge is 0.319 e. The number of aromatic nitrogens is 3. The molecule has 2 aromatic carbocycles. The van der Waals surface area contributed by atoms with E-state index in [0.29, 0.717) is 47.9 Å². The second kappa shape index (κ2) is 9.96. The van der Waals surface area contributed by atoms with Gasteiger partial charge < -0.3 is 25.0 Å². The minimum atomic E-state index is -2.08. The maximum absolute atomic E-state index is 14.8. The SMILES string of the molecule is [2H]C([2H])(Oc1nc(N2CC3CCC2CN3)c2ccn(-c3cc(O)cc4ccc(F)c(C#C)c34)c(=O)c2n1)C1(CN(C)C)CC1. The van der Waals surface area contributed by atoms with E-state index in [0.717, 1.165) is 19.4 Å². The quantitative estimate of drug-likeness (QED) is 0.327. The molecule has 4 fully saturated rings. The first kappa shape index (κ1) is 24.4. The second-order valence-electron chi connectivity index (χ2n) is 11.9. The van der Waals surface area contributed by atoms with Gasteiger partial charge in [-0.05, 0) is 63.4 Å². The van der Waals surface area contributed by atoms with Crippen LogP contribution in [0.5, 0.6) is 11.8 Å². The van der Waals surface area contributed by atoms with Gasteiger partial charge in [-0.15, -0.1) is 6.42 Å². The van der Waals surface area contributed by atoms with Crippen LogP contribution in [-0.2, 0) is 0 Å². The van der Waals surface area contributed by atoms with Crippen LogP contribution in [0.1, 0.15) is 34.0 Å². The maximum Gasteiger partial charge on any atom is 0.319 e. The molecule has 2 atom stereocenters. The number of hydrogen-bond acceptors (Lipinski definition) is 8. The van der Waals surface area contributed by atoms with Crippen LogP contribution < -0.4 is 20.5 Å². The number of nitrogens with one attached hydrogen (secondary N) is 1. The first-order valence-corrected chi connectivity index (χ1v) is 14.2. The summed E-state index contributed by atoms with van der Waals surface area (Å²) in [7, 11) is 3.79. The highest BCUT2D eigenvalue weighted by Crippen LogP contribution is 2.46. The number of piperazine rings is 1. The number of hydrogen-bond donors (Lipinski definition) is 2. The van der Waals surface area contributed by atoms with Crippen molar-refractivity contribution in [2.24, 2.45) is 5.41 Å². The molecule has 2 unspecified atom stereocenters. The Morgan fingerprint density at radius 3 is 2.79 bits per heavy atom. The van der Waals surface area contributed by atoms with Crippen molar-refractivity contribution in [1.29, 1.82) is 0 Å². The second-order valence-corrected chi connectivity index (χ2v) is 11.9. The number of ether oxygens (including phenoxy) is 1. The molecule has 0 amide bonds. The molecule has 9 nitrogen and oxygen atoms in total. The van der Waals surface area contributed by atoms with Gasteiger partial charge in [0.2, 0.25) is 0 Å². The van der Waals surface area contributed by atoms with Crippen molar-refractivity contribution >= 4 is 27.5 Å². The van der Waals surface area contributed by atoms with Gasteiger partial charge >= 0.3 is 6.01 Å². The minimum Gasteiger partial charge on any atom is -0.508 e. The molecule has 10 heteroatoms. The standard InChI is InChI=1S/C32H33FN6O3/c1-4-23-25(33)8-5-19-13-22(40)14-26(27(19)23)38-12-9-24-28(30(38)41)35-31(42-18-32(10-11-32)17-37(2)3)36-29(24)39-16-20-6-7-21(39)15-34-20/h1,5,8-9,12-14,20-21,34,40H,6-7,10-11,15-18H2,2-3H3/i18D2. The average molecular weight is 571 g/mol. The monoisotopic (exact) mass is 570 g/mol. The Labute approximate surface area is 245 Å². The predicted octanol–water partition coefficient (Wildman–Crippen LogP) is 3.42. The van der Waals surface area contributed by atoms with Crippen molar-refractivity contribution in [3.63, 3.8) is 0 Å². The normalized spacial score (nSPS) is 21.8. The van der Waals surface area contributed by atoms with Gasteiger partial charge in [-0.25, -0.2) is 4.39 Å². The number of fused-ring (bicyclic) bond motifs is 5. The van der Waals surface area contributed by atoms with Gasteiger partial charge in [0.15, 0.2) is 0 Å². The summed E-state index contributed by atoms with van der Waals surface area (Å²) in [6.45, 7) is -0.142. The topological polar surface area (TPSA) is 95.8 Å². The molecule has 2 aromatic heterocycles. The highest BCUT2D eigenvalue weighted by Gasteiger charge is 2.44. The van der Waals surface area contributed by atoms with Crippen LogP contribution >= 0.6 is 0 Å². The molecule has 5 heterocycles. The molecule has 1 aliphatic carbocycles. The van der Waals surface area contributed by atoms with Gasteiger partial charge in [0.25, 0.3) is 5.56 Å². The highest BCUT2D eigenvalue weighted by molar-refractivity contribution is 5.97. The lowest BCUT2D eigenvalue weighted by Crippen LogP contribution is -2.61. The first-order valence-electron chi connectivity index (χ1n) is 15.2. The molecule has 216 valence electrons. The third-order valence-electron chi connectivity index (χ3n) is 8.60. The van der Waals surface area contributed by atoms with Crippen molar-refractivity contribution in [3.8, 4) is 29.8 Å². The molecule has 4 aromatic rings. The van der Waals surface area contributed by atoms with Gasteiger partial charge in [0.1, 0.15) is 22.9 Å². The number of halogens is 1. The molecule has 4 aliphatic rings. The summed E-state index contributed by atoms with van der Waals surface area (Å²) in [6.07, 6.45) is 10.5. The van der Waals surface area contributed by atoms with Crippen LogP contribution in [0.3, 0.4) is 0 Å². The fraction of sp³-hybridized carbons (Fsp3) is 0.406. The molecule has 42 heavy (non-hydrogen) atoms. The molecule has 1 saturated carbocycles. The summed E-state index contributed by atoms with van der Waals surface area (Å²) in [5, 5.41) is 15.3. The maximum atomic E-state index is 14.8. The molecular weight excluding hydrogens is 535 g/mol. The summed E-state index contributed by atoms with van der Waals surface area (Å²) in [5.74, 6) is 2.15. The van der Waals surface area contributed by atoms with Gasteiger partial charge in [0.05, 0.1) is 25.9 Å². The Morgan fingerprint density at radius 2 is 2.12 bits per heavy atom. The van der Waals surface area contributed by atoms with Crippen molar-refractivity contribution < 1.29 is 17.0 Å². The minimum absolute atomic E-state index is 0.0188. The molecule has 3 aliphatic heterocycles. The van der Waals surface area contributed by atoms with E-state index in [1.807, 2.05) is 19.0 Å². The fourth-order valence-electron chi connectivity index (χ4n) is 6.44. The van der Waals surface area contributed by atoms with E-state index < -0.39 is 23.4 Å². The number of piperidine rings is 2. The molecule has 2 bridgehead atoms. The largest absolute Gasteiger partial charge is 0.508 e. The average Bonchev–Trinajstić information content (AvgIpc) is 3.78. The molecule has 0 spiro atoms. The summed E-state index contributed by atoms with van der Waals surface area (Å²) in [6, 6.07) is 7.46. The lowest BCUT2D eigenvalue weighted by atomic mass is 9.93. The van der Waals surface area contributed by atoms with Crippen LogP contribution in [0, 0.1) is 23.6 Å². The van der Waals surface area contributed by atoms with Crippen molar-refractivity contribution in [1.82, 2.24) is 24.8 Å². The molecule has 3 saturated heterocycles. The van der Waals surface area contributed by atoms with E-state index in [-0.39, 0.29) is 40.6 Å². The molecule has 0 radical (unpaired) electrons. The molecule has 8 rings (SSSR count). The fourth-order valence-corrected chi connectivity index (χ4v) is 6.44. The summed E-state index contributed by atoms with van der Waals surface area (Å²) < 4.78 is 39.8. The Morgan fingerprint density at radius 1 is 1.29 bits per heavy atom. The van der Waals surface area contributed by atoms with E-state index >= 15 is 0 Å². The number of nitrogens with zero attached hydrogens (tertiary/aromatic N) is 5. The van der Waals surface area contributed by atoms with Crippen LogP contribution in [0.25, 0.3) is 27.4 Å². The number of benzene rings is 2. The number of phenolic OH excluding ortho intramolecular Hbond substituents is 1. The Balaban J connectivity index is 1.43. The van der Waals surface area contributed by atoms with E-state index in [2.05, 4.69) is 21.1 Å². The molecular formula is C32H33FN6O3. The predicted molar refractivity (Wildman–Crippen MR) is 160 cm³/mol. The number of pyridine rings is 1. The molecule has 2 N–H and O–H groups in total. The van der Waals surface area contributed by atoms with Gasteiger partial charge in [0, 0.05) is 54.8 Å². The zero-order valence-corrected chi connectivity index (χ0v) is 23.5. The number of terminal acetylenes is 1. The van der Waals surface area contributed by atoms with Crippen molar-refractivity contribution in [2.75, 3.05) is 45.2 Å². The number of anilines is 1. The van der Waals surface area contributed by atoms with Crippen LogP contribution in [0.15, 0.2) is 41.3 Å². The Kier molecular flexibility index (Phi) is 5.79. The third-order valence-corrected chi connectivity index (χ3v) is 8.60. The lowest BCUT2D eigenvalue weighted by Gasteiger charge is -2.46. The van der Waals surface area contributed by atoms with Crippen LogP contribution in [-0.4, -0.2) is 76.9 Å². The Hall–Kier alpha value is -4.20. The summed E-state index contributed by atoms with van der Waals surface area (Å²) >= 11 is 0. The van der Waals surface area contributed by atoms with Crippen molar-refractivity contribution in [2.45, 2.75) is 37.8 Å². The van der Waals surface area contributed by atoms with Crippen LogP contribution in [0.4, 0.5) is 10.2 Å². The Bertz CT molecular complexity index is 1910. The van der Waals surface area contributed by atoms with E-state index in [1.165, 1.54) is 28.8 Å². The zero-order valence-electron chi connectivity index (χ0n) is 25.5. The number of rotatable bonds is 7. The van der Waals surface area contributed by atoms with Crippen LogP contribution in [0.2, 0.25) is 0 Å². The lowest BCUT2D eigenvalue weighted by molar-refractivity contribution is 0.183. The van der Waals surface area contributed by atoms with Gasteiger partial charge in [-0.3, -0.25) is 9.36 Å². The van der Waals surface area contributed by atoms with Crippen molar-refractivity contribution in [3.05, 3.63) is 58.3 Å². The third kappa shape index (κ3) is 4.53. The van der Waals surface area contributed by atoms with Gasteiger partial charge in [-0.2, -0.15) is 9.97 Å². The first-order chi connectivity index (χ1) is 21.0. The number of phenols is 1. The van der Waals surface area contributed by atoms with E-state index in [4.69, 9.17) is 18.9 Å².